The molecule has 3 atom stereocenters. The van der Waals surface area contributed by atoms with Crippen molar-refractivity contribution in [2.75, 3.05) is 20.4 Å². The fourth-order valence-corrected chi connectivity index (χ4v) is 5.10. The monoisotopic (exact) mass is 374 g/mol. The molecule has 28 heavy (non-hydrogen) atoms. The summed E-state index contributed by atoms with van der Waals surface area (Å²) in [7, 11) is 1.71. The number of nitrogens with one attached hydrogen (secondary N) is 1. The molecule has 2 aromatic carbocycles. The molecular weight excluding hydrogens is 356 g/mol. The van der Waals surface area contributed by atoms with E-state index in [1.807, 2.05) is 42.5 Å². The average Bonchev–Trinajstić information content (AvgIpc) is 3.37. The van der Waals surface area contributed by atoms with Gasteiger partial charge in [0.25, 0.3) is 0 Å². The van der Waals surface area contributed by atoms with Crippen LogP contribution in [0.1, 0.15) is 28.7 Å². The second-order valence-electron chi connectivity index (χ2n) is 7.75. The van der Waals surface area contributed by atoms with Crippen molar-refractivity contribution in [1.82, 2.24) is 9.88 Å². The molecule has 6 rings (SSSR count). The predicted octanol–water partition coefficient (Wildman–Crippen LogP) is 2.78. The van der Waals surface area contributed by atoms with Crippen molar-refractivity contribution in [2.45, 2.75) is 11.8 Å². The lowest BCUT2D eigenvalue weighted by Gasteiger charge is -2.33. The summed E-state index contributed by atoms with van der Waals surface area (Å²) in [5.74, 6) is 0.461. The van der Waals surface area contributed by atoms with Gasteiger partial charge in [-0.1, -0.05) is 24.3 Å². The van der Waals surface area contributed by atoms with Crippen molar-refractivity contribution in [2.24, 2.45) is 5.92 Å². The number of hydrogen-bond donors (Lipinski definition) is 1. The molecule has 3 aliphatic rings. The molecule has 6 heteroatoms. The third-order valence-corrected chi connectivity index (χ3v) is 6.28. The maximum Gasteiger partial charge on any atom is 0.231 e. The number of likely N-dealkylation sites (N-methyl/N-ethyl adjacent to an activating group) is 1. The number of para-hydroxylation sites is 1. The molecule has 2 aliphatic heterocycles. The first-order valence-electron chi connectivity index (χ1n) is 9.41. The van der Waals surface area contributed by atoms with Crippen LogP contribution < -0.4 is 9.47 Å². The first-order valence-corrected chi connectivity index (χ1v) is 9.41. The SMILES string of the molecule is CN1CC(=O)C2[C@H](c3ccc4c(c3)OCO4)c3[nH]c4ccccc4c3[C@@H]2C1=O. The van der Waals surface area contributed by atoms with Gasteiger partial charge in [0.2, 0.25) is 12.7 Å². The van der Waals surface area contributed by atoms with Crippen molar-refractivity contribution in [1.29, 1.82) is 0 Å². The number of ketones is 1. The second kappa shape index (κ2) is 5.38. The minimum absolute atomic E-state index is 0.0128. The Morgan fingerprint density at radius 1 is 1.04 bits per heavy atom. The van der Waals surface area contributed by atoms with Crippen LogP contribution in [-0.4, -0.2) is 42.0 Å². The zero-order valence-corrected chi connectivity index (χ0v) is 15.3. The van der Waals surface area contributed by atoms with Crippen molar-refractivity contribution in [3.8, 4) is 11.5 Å². The van der Waals surface area contributed by atoms with Gasteiger partial charge < -0.3 is 19.4 Å². The van der Waals surface area contributed by atoms with Gasteiger partial charge in [-0.25, -0.2) is 0 Å². The van der Waals surface area contributed by atoms with E-state index in [1.165, 1.54) is 0 Å². The van der Waals surface area contributed by atoms with Crippen LogP contribution in [0.4, 0.5) is 0 Å². The number of aromatic nitrogens is 1. The summed E-state index contributed by atoms with van der Waals surface area (Å²) in [5.41, 5.74) is 3.89. The quantitative estimate of drug-likeness (QED) is 0.711. The number of carbonyl (C=O) groups excluding carboxylic acids is 2. The number of aromatic amines is 1. The van der Waals surface area contributed by atoms with E-state index in [9.17, 15) is 9.59 Å². The molecule has 1 fully saturated rings. The molecular formula is C22H18N2O4. The van der Waals surface area contributed by atoms with Crippen molar-refractivity contribution >= 4 is 22.6 Å². The Kier molecular flexibility index (Phi) is 3.02. The van der Waals surface area contributed by atoms with Gasteiger partial charge in [0.1, 0.15) is 0 Å². The number of fused-ring (bicyclic) bond motifs is 6. The van der Waals surface area contributed by atoms with Crippen LogP contribution in [0.5, 0.6) is 11.5 Å². The van der Waals surface area contributed by atoms with E-state index < -0.39 is 11.8 Å². The lowest BCUT2D eigenvalue weighted by atomic mass is 9.77. The standard InChI is InChI=1S/C22H18N2O4/c1-24-9-14(25)19-17(11-6-7-15-16(8-11)28-10-27-15)21-18(20(19)22(24)26)12-4-2-3-5-13(12)23-21/h2-8,17,19-20,23H,9-10H2,1H3/t17-,19?,20-/m0/s1. The zero-order valence-electron chi connectivity index (χ0n) is 15.3. The third-order valence-electron chi connectivity index (χ3n) is 6.28. The maximum atomic E-state index is 13.1. The molecule has 140 valence electrons. The number of piperidine rings is 1. The van der Waals surface area contributed by atoms with Gasteiger partial charge in [-0.05, 0) is 29.3 Å². The molecule has 3 aromatic rings. The molecule has 1 saturated heterocycles. The predicted molar refractivity (Wildman–Crippen MR) is 102 cm³/mol. The van der Waals surface area contributed by atoms with Gasteiger partial charge in [0.05, 0.1) is 12.5 Å². The highest BCUT2D eigenvalue weighted by molar-refractivity contribution is 6.05. The number of nitrogens with zero attached hydrogens (tertiary/aromatic N) is 1. The Labute approximate surface area is 161 Å². The molecule has 1 unspecified atom stereocenters. The maximum absolute atomic E-state index is 13.1. The number of Topliss-reactive ketones (excluding diaryl/α,β-unsaturated/α-hetero) is 1. The van der Waals surface area contributed by atoms with E-state index in [0.717, 1.165) is 27.7 Å². The number of amides is 1. The highest BCUT2D eigenvalue weighted by atomic mass is 16.7. The Hall–Kier alpha value is -3.28. The van der Waals surface area contributed by atoms with Gasteiger partial charge in [-0.2, -0.15) is 0 Å². The van der Waals surface area contributed by atoms with Crippen LogP contribution in [0.15, 0.2) is 42.5 Å². The van der Waals surface area contributed by atoms with E-state index in [-0.39, 0.29) is 30.9 Å². The molecule has 0 saturated carbocycles. The van der Waals surface area contributed by atoms with Crippen LogP contribution in [0.3, 0.4) is 0 Å². The summed E-state index contributed by atoms with van der Waals surface area (Å²) >= 11 is 0. The normalized spacial score (nSPS) is 25.3. The Morgan fingerprint density at radius 2 is 1.86 bits per heavy atom. The van der Waals surface area contributed by atoms with Crippen molar-refractivity contribution in [3.05, 3.63) is 59.3 Å². The smallest absolute Gasteiger partial charge is 0.231 e. The third kappa shape index (κ3) is 1.92. The average molecular weight is 374 g/mol. The molecule has 1 aliphatic carbocycles. The van der Waals surface area contributed by atoms with Crippen molar-refractivity contribution < 1.29 is 19.1 Å². The summed E-state index contributed by atoms with van der Waals surface area (Å²) in [5, 5.41) is 1.02. The van der Waals surface area contributed by atoms with Gasteiger partial charge >= 0.3 is 0 Å². The molecule has 0 radical (unpaired) electrons. The van der Waals surface area contributed by atoms with E-state index in [2.05, 4.69) is 4.98 Å². The molecule has 1 aromatic heterocycles. The van der Waals surface area contributed by atoms with Crippen LogP contribution in [-0.2, 0) is 9.59 Å². The summed E-state index contributed by atoms with van der Waals surface area (Å²) in [6.07, 6.45) is 0. The van der Waals surface area contributed by atoms with E-state index >= 15 is 0 Å². The lowest BCUT2D eigenvalue weighted by Crippen LogP contribution is -2.47. The number of carbonyl (C=O) groups is 2. The first-order chi connectivity index (χ1) is 13.6. The summed E-state index contributed by atoms with van der Waals surface area (Å²) in [4.78, 5) is 31.3. The van der Waals surface area contributed by atoms with Crippen molar-refractivity contribution in [3.63, 3.8) is 0 Å². The van der Waals surface area contributed by atoms with E-state index in [4.69, 9.17) is 9.47 Å². The summed E-state index contributed by atoms with van der Waals surface area (Å²) < 4.78 is 11.0. The van der Waals surface area contributed by atoms with Crippen LogP contribution >= 0.6 is 0 Å². The van der Waals surface area contributed by atoms with Crippen LogP contribution in [0, 0.1) is 5.92 Å². The Balaban J connectivity index is 1.61. The molecule has 6 nitrogen and oxygen atoms in total. The minimum atomic E-state index is -0.451. The lowest BCUT2D eigenvalue weighted by molar-refractivity contribution is -0.144. The van der Waals surface area contributed by atoms with Crippen LogP contribution in [0.2, 0.25) is 0 Å². The number of rotatable bonds is 1. The molecule has 3 heterocycles. The highest BCUT2D eigenvalue weighted by Crippen LogP contribution is 2.55. The van der Waals surface area contributed by atoms with Gasteiger partial charge in [-0.15, -0.1) is 0 Å². The minimum Gasteiger partial charge on any atom is -0.454 e. The number of H-pyrrole nitrogens is 1. The summed E-state index contributed by atoms with van der Waals surface area (Å²) in [6, 6.07) is 13.8. The summed E-state index contributed by atoms with van der Waals surface area (Å²) in [6.45, 7) is 0.360. The van der Waals surface area contributed by atoms with Crippen LogP contribution in [0.25, 0.3) is 10.9 Å². The zero-order chi connectivity index (χ0) is 19.0. The largest absolute Gasteiger partial charge is 0.454 e. The Bertz CT molecular complexity index is 1160. The fourth-order valence-electron chi connectivity index (χ4n) is 5.10. The number of ether oxygens (including phenoxy) is 2. The number of benzene rings is 2. The molecule has 1 N–H and O–H groups in total. The Morgan fingerprint density at radius 3 is 2.75 bits per heavy atom. The molecule has 0 bridgehead atoms. The number of likely N-dealkylation sites (tertiary alicyclic amines) is 1. The van der Waals surface area contributed by atoms with Gasteiger partial charge in [0.15, 0.2) is 17.3 Å². The van der Waals surface area contributed by atoms with E-state index in [1.54, 1.807) is 11.9 Å². The first kappa shape index (κ1) is 15.7. The highest BCUT2D eigenvalue weighted by Gasteiger charge is 2.54. The van der Waals surface area contributed by atoms with E-state index in [0.29, 0.717) is 11.5 Å². The number of hydrogen-bond acceptors (Lipinski definition) is 4. The fraction of sp³-hybridized carbons (Fsp3) is 0.273. The molecule has 0 spiro atoms. The molecule has 1 amide bonds. The van der Waals surface area contributed by atoms with Gasteiger partial charge in [-0.3, -0.25) is 9.59 Å². The topological polar surface area (TPSA) is 71.6 Å². The second-order valence-corrected chi connectivity index (χ2v) is 7.75. The van der Waals surface area contributed by atoms with Gasteiger partial charge in [0, 0.05) is 35.5 Å².